The van der Waals surface area contributed by atoms with E-state index in [1.807, 2.05) is 0 Å². The quantitative estimate of drug-likeness (QED) is 0.755. The van der Waals surface area contributed by atoms with E-state index in [-0.39, 0.29) is 36.8 Å². The number of rotatable bonds is 2. The summed E-state index contributed by atoms with van der Waals surface area (Å²) in [6, 6.07) is 4.77. The van der Waals surface area contributed by atoms with Crippen molar-refractivity contribution in [1.82, 2.24) is 15.1 Å². The summed E-state index contributed by atoms with van der Waals surface area (Å²) in [6.45, 7) is 0.0153. The Hall–Kier alpha value is -3.70. The zero-order valence-electron chi connectivity index (χ0n) is 15.2. The van der Waals surface area contributed by atoms with Gasteiger partial charge in [-0.2, -0.15) is 13.2 Å². The van der Waals surface area contributed by atoms with E-state index in [1.165, 1.54) is 23.1 Å². The van der Waals surface area contributed by atoms with Crippen molar-refractivity contribution in [2.45, 2.75) is 12.2 Å². The normalized spacial score (nSPS) is 18.4. The van der Waals surface area contributed by atoms with Crippen LogP contribution in [0.25, 0.3) is 0 Å². The van der Waals surface area contributed by atoms with Crippen LogP contribution in [0.1, 0.15) is 26.4 Å². The van der Waals surface area contributed by atoms with Crippen LogP contribution in [0.5, 0.6) is 0 Å². The van der Waals surface area contributed by atoms with Crippen LogP contribution in [0.2, 0.25) is 0 Å². The minimum atomic E-state index is -4.69. The van der Waals surface area contributed by atoms with Crippen LogP contribution in [0.15, 0.2) is 30.3 Å². The first-order valence-electron chi connectivity index (χ1n) is 8.81. The van der Waals surface area contributed by atoms with Gasteiger partial charge in [-0.25, -0.2) is 4.79 Å². The highest BCUT2D eigenvalue weighted by Gasteiger charge is 2.42. The highest BCUT2D eigenvalue weighted by atomic mass is 19.4. The fourth-order valence-corrected chi connectivity index (χ4v) is 3.54. The number of benzene rings is 1. The molecule has 0 aliphatic carbocycles. The number of piperazine rings is 1. The third-order valence-electron chi connectivity index (χ3n) is 4.96. The second-order valence-electron chi connectivity index (χ2n) is 6.76. The van der Waals surface area contributed by atoms with Gasteiger partial charge in [0.1, 0.15) is 6.04 Å². The molecule has 2 amide bonds. The molecule has 30 heavy (non-hydrogen) atoms. The summed E-state index contributed by atoms with van der Waals surface area (Å²) < 4.78 is 39.8. The molecule has 1 unspecified atom stereocenters. The number of carboxylic acid groups (broad SMARTS) is 1. The molecule has 12 heteroatoms. The number of amides is 2. The molecule has 2 aromatic rings. The number of fused-ring (bicyclic) bond motifs is 3. The number of nitrogens with one attached hydrogen (secondary N) is 1. The first-order valence-corrected chi connectivity index (χ1v) is 8.81. The number of hydrogen-bond donors (Lipinski definition) is 2. The lowest BCUT2D eigenvalue weighted by Crippen LogP contribution is -2.61. The van der Waals surface area contributed by atoms with Crippen molar-refractivity contribution in [2.75, 3.05) is 29.9 Å². The minimum absolute atomic E-state index is 0.0522. The number of carbonyl (C=O) groups excluding carboxylic acids is 2. The summed E-state index contributed by atoms with van der Waals surface area (Å²) in [5.41, 5.74) is -1.69. The van der Waals surface area contributed by atoms with Gasteiger partial charge in [0.2, 0.25) is 5.91 Å². The van der Waals surface area contributed by atoms with Crippen molar-refractivity contribution < 1.29 is 32.7 Å². The fraction of sp³-hybridized carbons (Fsp3) is 0.278. The predicted molar refractivity (Wildman–Crippen MR) is 96.1 cm³/mol. The average Bonchev–Trinajstić information content (AvgIpc) is 2.72. The summed E-state index contributed by atoms with van der Waals surface area (Å²) in [5, 5.41) is 19.0. The number of aromatic carboxylic acids is 1. The first-order chi connectivity index (χ1) is 14.2. The van der Waals surface area contributed by atoms with Gasteiger partial charge in [-0.1, -0.05) is 12.1 Å². The van der Waals surface area contributed by atoms with Gasteiger partial charge in [0, 0.05) is 19.2 Å². The zero-order valence-corrected chi connectivity index (χ0v) is 15.2. The van der Waals surface area contributed by atoms with Crippen molar-refractivity contribution in [3.8, 4) is 0 Å². The summed E-state index contributed by atoms with van der Waals surface area (Å²) in [5.74, 6) is -2.41. The minimum Gasteiger partial charge on any atom is -0.476 e. The highest BCUT2D eigenvalue weighted by molar-refractivity contribution is 6.05. The molecule has 0 radical (unpaired) electrons. The Balaban J connectivity index is 1.60. The molecule has 3 heterocycles. The summed E-state index contributed by atoms with van der Waals surface area (Å²) >= 11 is 0. The van der Waals surface area contributed by atoms with E-state index in [9.17, 15) is 27.6 Å². The van der Waals surface area contributed by atoms with Gasteiger partial charge in [-0.15, -0.1) is 10.2 Å². The Morgan fingerprint density at radius 2 is 1.90 bits per heavy atom. The maximum Gasteiger partial charge on any atom is 0.417 e. The van der Waals surface area contributed by atoms with Gasteiger partial charge >= 0.3 is 12.1 Å². The van der Waals surface area contributed by atoms with Crippen molar-refractivity contribution >= 4 is 29.3 Å². The zero-order chi connectivity index (χ0) is 21.6. The number of aromatic nitrogens is 2. The third-order valence-corrected chi connectivity index (χ3v) is 4.96. The largest absolute Gasteiger partial charge is 0.476 e. The standard InChI is InChI=1S/C18H14F3N5O4/c19-18(20,21)10-4-2-1-3-9(10)16(28)25-5-6-26-13(8-25)15(27)22-11-7-12(17(29)30)23-24-14(11)26/h1-4,7,13H,5-6,8H2,(H,22,27)(H,29,30). The fourth-order valence-electron chi connectivity index (χ4n) is 3.54. The maximum absolute atomic E-state index is 13.3. The monoisotopic (exact) mass is 421 g/mol. The van der Waals surface area contributed by atoms with Crippen molar-refractivity contribution in [2.24, 2.45) is 0 Å². The van der Waals surface area contributed by atoms with E-state index in [2.05, 4.69) is 15.5 Å². The number of carbonyl (C=O) groups is 3. The summed E-state index contributed by atoms with van der Waals surface area (Å²) in [6.07, 6.45) is -4.69. The summed E-state index contributed by atoms with van der Waals surface area (Å²) in [4.78, 5) is 39.1. The third kappa shape index (κ3) is 3.29. The molecule has 1 aromatic carbocycles. The molecule has 1 atom stereocenters. The highest BCUT2D eigenvalue weighted by Crippen LogP contribution is 2.34. The molecule has 1 fully saturated rings. The molecule has 0 spiro atoms. The molecule has 2 aliphatic heterocycles. The van der Waals surface area contributed by atoms with Crippen molar-refractivity contribution in [3.63, 3.8) is 0 Å². The number of halogens is 3. The van der Waals surface area contributed by atoms with E-state index in [0.29, 0.717) is 0 Å². The molecule has 0 bridgehead atoms. The topological polar surface area (TPSA) is 116 Å². The Kier molecular flexibility index (Phi) is 4.56. The molecule has 4 rings (SSSR count). The lowest BCUT2D eigenvalue weighted by Gasteiger charge is -2.43. The average molecular weight is 421 g/mol. The van der Waals surface area contributed by atoms with E-state index < -0.39 is 41.1 Å². The van der Waals surface area contributed by atoms with E-state index >= 15 is 0 Å². The molecule has 9 nitrogen and oxygen atoms in total. The number of carboxylic acids is 1. The van der Waals surface area contributed by atoms with Crippen LogP contribution < -0.4 is 10.2 Å². The smallest absolute Gasteiger partial charge is 0.417 e. The Labute approximate surface area is 167 Å². The first kappa shape index (κ1) is 19.6. The van der Waals surface area contributed by atoms with Crippen LogP contribution in [0.4, 0.5) is 24.7 Å². The maximum atomic E-state index is 13.3. The van der Waals surface area contributed by atoms with Crippen LogP contribution in [-0.2, 0) is 11.0 Å². The van der Waals surface area contributed by atoms with Crippen molar-refractivity contribution in [1.29, 1.82) is 0 Å². The van der Waals surface area contributed by atoms with Gasteiger partial charge in [0.15, 0.2) is 11.5 Å². The second-order valence-corrected chi connectivity index (χ2v) is 6.76. The number of nitrogens with zero attached hydrogens (tertiary/aromatic N) is 4. The van der Waals surface area contributed by atoms with Crippen LogP contribution in [0.3, 0.4) is 0 Å². The van der Waals surface area contributed by atoms with Gasteiger partial charge in [-0.05, 0) is 12.1 Å². The molecular weight excluding hydrogens is 407 g/mol. The molecule has 1 saturated heterocycles. The number of hydrogen-bond acceptors (Lipinski definition) is 6. The molecule has 1 aromatic heterocycles. The van der Waals surface area contributed by atoms with Gasteiger partial charge in [0.25, 0.3) is 5.91 Å². The van der Waals surface area contributed by atoms with Gasteiger partial charge < -0.3 is 20.2 Å². The predicted octanol–water partition coefficient (Wildman–Crippen LogP) is 1.48. The molecule has 0 saturated carbocycles. The Morgan fingerprint density at radius 1 is 1.17 bits per heavy atom. The van der Waals surface area contributed by atoms with E-state index in [0.717, 1.165) is 12.1 Å². The molecule has 156 valence electrons. The van der Waals surface area contributed by atoms with Crippen molar-refractivity contribution in [3.05, 3.63) is 47.2 Å². The second kappa shape index (κ2) is 6.97. The molecule has 2 aliphatic rings. The van der Waals surface area contributed by atoms with Crippen LogP contribution in [0, 0.1) is 0 Å². The van der Waals surface area contributed by atoms with Gasteiger partial charge in [-0.3, -0.25) is 9.59 Å². The van der Waals surface area contributed by atoms with Gasteiger partial charge in [0.05, 0.1) is 23.4 Å². The Bertz CT molecular complexity index is 1060. The number of anilines is 2. The van der Waals surface area contributed by atoms with Crippen LogP contribution >= 0.6 is 0 Å². The number of alkyl halides is 3. The summed E-state index contributed by atoms with van der Waals surface area (Å²) in [7, 11) is 0. The van der Waals surface area contributed by atoms with Crippen LogP contribution in [-0.4, -0.2) is 63.7 Å². The van der Waals surface area contributed by atoms with E-state index in [1.54, 1.807) is 4.90 Å². The molecular formula is C18H14F3N5O4. The lowest BCUT2D eigenvalue weighted by molar-refractivity contribution is -0.138. The Morgan fingerprint density at radius 3 is 2.60 bits per heavy atom. The van der Waals surface area contributed by atoms with E-state index in [4.69, 9.17) is 5.11 Å². The SMILES string of the molecule is O=C(O)c1cc2c(nn1)N1CCN(C(=O)c3ccccc3C(F)(F)F)CC1C(=O)N2. The lowest BCUT2D eigenvalue weighted by atomic mass is 10.0. The molecule has 2 N–H and O–H groups in total.